The number of unbranched alkanes of at least 4 members (excludes halogenated alkanes) is 34. The van der Waals surface area contributed by atoms with Crippen molar-refractivity contribution in [1.82, 2.24) is 0 Å². The van der Waals surface area contributed by atoms with E-state index in [0.29, 0.717) is 17.4 Å². The van der Waals surface area contributed by atoms with Crippen LogP contribution in [0.4, 0.5) is 0 Å². The largest absolute Gasteiger partial charge is 0.545 e. The summed E-state index contributed by atoms with van der Waals surface area (Å²) in [5, 5.41) is 11.8. The Morgan fingerprint density at radius 2 is 0.740 bits per heavy atom. The number of carboxylic acid groups (broad SMARTS) is 1. The number of likely N-dealkylation sites (N-methyl/N-ethyl adjacent to an activating group) is 1. The molecule has 0 spiro atoms. The number of rotatable bonds is 57. The highest BCUT2D eigenvalue weighted by atomic mass is 16.7. The van der Waals surface area contributed by atoms with E-state index >= 15 is 0 Å². The fourth-order valence-corrected chi connectivity index (χ4v) is 8.78. The Morgan fingerprint density at radius 1 is 0.411 bits per heavy atom. The first-order valence-electron chi connectivity index (χ1n) is 30.8. The summed E-state index contributed by atoms with van der Waals surface area (Å²) in [5.41, 5.74) is 0. The minimum Gasteiger partial charge on any atom is -0.545 e. The Morgan fingerprint density at radius 3 is 1.11 bits per heavy atom. The van der Waals surface area contributed by atoms with Gasteiger partial charge in [0.1, 0.15) is 13.2 Å². The smallest absolute Gasteiger partial charge is 0.306 e. The van der Waals surface area contributed by atoms with E-state index in [1.807, 2.05) is 21.1 Å². The van der Waals surface area contributed by atoms with E-state index in [1.165, 1.54) is 193 Å². The lowest BCUT2D eigenvalue weighted by Crippen LogP contribution is -2.44. The summed E-state index contributed by atoms with van der Waals surface area (Å²) in [4.78, 5) is 37.3. The number of carbonyl (C=O) groups is 3. The van der Waals surface area contributed by atoms with E-state index in [4.69, 9.17) is 18.9 Å². The van der Waals surface area contributed by atoms with Crippen molar-refractivity contribution in [2.75, 3.05) is 47.5 Å². The van der Waals surface area contributed by atoms with E-state index in [1.54, 1.807) is 0 Å². The molecule has 9 nitrogen and oxygen atoms in total. The number of hydrogen-bond donors (Lipinski definition) is 0. The number of ether oxygens (including phenoxy) is 4. The van der Waals surface area contributed by atoms with Crippen LogP contribution in [0.3, 0.4) is 0 Å². The van der Waals surface area contributed by atoms with Crippen molar-refractivity contribution in [2.24, 2.45) is 0 Å². The molecule has 0 aromatic heterocycles. The molecule has 0 N–H and O–H groups in total. The Bertz CT molecular complexity index is 1340. The molecule has 0 bridgehead atoms. The van der Waals surface area contributed by atoms with Gasteiger partial charge in [-0.3, -0.25) is 9.59 Å². The lowest BCUT2D eigenvalue weighted by molar-refractivity contribution is -0.870. The van der Waals surface area contributed by atoms with E-state index < -0.39 is 24.3 Å². The number of nitrogens with zero attached hydrogens (tertiary/aromatic N) is 1. The normalized spacial score (nSPS) is 13.1. The van der Waals surface area contributed by atoms with Gasteiger partial charge < -0.3 is 33.3 Å². The average Bonchev–Trinajstić information content (AvgIpc) is 3.36. The van der Waals surface area contributed by atoms with Crippen LogP contribution in [0.25, 0.3) is 0 Å². The minimum absolute atomic E-state index is 0.147. The number of carboxylic acids is 1. The van der Waals surface area contributed by atoms with Gasteiger partial charge in [0.05, 0.1) is 40.3 Å². The molecule has 0 fully saturated rings. The Labute approximate surface area is 451 Å². The van der Waals surface area contributed by atoms with Gasteiger partial charge in [0, 0.05) is 12.8 Å². The summed E-state index contributed by atoms with van der Waals surface area (Å²) in [6.07, 6.45) is 66.0. The van der Waals surface area contributed by atoms with Crippen molar-refractivity contribution in [3.8, 4) is 0 Å². The molecule has 0 heterocycles. The molecule has 0 rings (SSSR count). The lowest BCUT2D eigenvalue weighted by Gasteiger charge is -2.26. The average molecular weight is 1030 g/mol. The van der Waals surface area contributed by atoms with E-state index in [2.05, 4.69) is 62.5 Å². The predicted molar refractivity (Wildman–Crippen MR) is 306 cm³/mol. The zero-order valence-corrected chi connectivity index (χ0v) is 48.5. The molecule has 2 unspecified atom stereocenters. The van der Waals surface area contributed by atoms with Gasteiger partial charge in [-0.1, -0.05) is 242 Å². The van der Waals surface area contributed by atoms with Crippen molar-refractivity contribution in [3.63, 3.8) is 0 Å². The number of carbonyl (C=O) groups excluding carboxylic acids is 3. The predicted octanol–water partition coefficient (Wildman–Crippen LogP) is 16.9. The minimum atomic E-state index is -1.62. The van der Waals surface area contributed by atoms with Gasteiger partial charge in [-0.2, -0.15) is 0 Å². The standard InChI is InChI=1S/C64H117NO8/c1-6-8-10-12-14-16-18-20-22-24-25-26-27-28-29-30-31-32-33-34-35-36-37-39-41-43-45-47-49-51-53-55-62(67)73-60(59-72-64(63(68)69)70-57-56-65(3,4)5)58-71-61(66)54-52-50-48-46-44-42-40-38-23-21-19-17-15-13-11-9-7-2/h15,17-18,20-21,23-25,60,64H,6-14,16,19,22,26-59H2,1-5H3/b17-15-,20-18-,23-21-,25-24-. The Kier molecular flexibility index (Phi) is 53.4. The molecule has 0 aliphatic carbocycles. The third-order valence-corrected chi connectivity index (χ3v) is 13.5. The Balaban J connectivity index is 4.12. The van der Waals surface area contributed by atoms with Gasteiger partial charge in [-0.05, 0) is 77.0 Å². The van der Waals surface area contributed by atoms with Crippen LogP contribution in [0.1, 0.15) is 284 Å². The van der Waals surface area contributed by atoms with Crippen molar-refractivity contribution in [1.29, 1.82) is 0 Å². The zero-order chi connectivity index (χ0) is 53.4. The molecule has 9 heteroatoms. The molecule has 426 valence electrons. The molecule has 0 saturated heterocycles. The molecular weight excluding hydrogens is 911 g/mol. The summed E-state index contributed by atoms with van der Waals surface area (Å²) in [7, 11) is 5.93. The lowest BCUT2D eigenvalue weighted by atomic mass is 10.0. The zero-order valence-electron chi connectivity index (χ0n) is 48.5. The monoisotopic (exact) mass is 1030 g/mol. The van der Waals surface area contributed by atoms with Gasteiger partial charge in [-0.25, -0.2) is 0 Å². The second-order valence-electron chi connectivity index (χ2n) is 22.0. The number of allylic oxidation sites excluding steroid dienone is 8. The third kappa shape index (κ3) is 56.8. The van der Waals surface area contributed by atoms with Crippen LogP contribution in [-0.4, -0.2) is 82.3 Å². The van der Waals surface area contributed by atoms with Crippen LogP contribution in [0, 0.1) is 0 Å². The molecule has 0 saturated carbocycles. The van der Waals surface area contributed by atoms with Gasteiger partial charge in [0.2, 0.25) is 0 Å². The molecule has 0 aromatic carbocycles. The summed E-state index contributed by atoms with van der Waals surface area (Å²) in [5.74, 6) is -2.28. The van der Waals surface area contributed by atoms with E-state index in [9.17, 15) is 19.5 Å². The molecular formula is C64H117NO8. The summed E-state index contributed by atoms with van der Waals surface area (Å²) in [6.45, 7) is 4.73. The number of aliphatic carboxylic acids is 1. The summed E-state index contributed by atoms with van der Waals surface area (Å²) < 4.78 is 22.7. The van der Waals surface area contributed by atoms with Crippen LogP contribution < -0.4 is 5.11 Å². The van der Waals surface area contributed by atoms with Crippen LogP contribution >= 0.6 is 0 Å². The Hall–Kier alpha value is -2.75. The van der Waals surface area contributed by atoms with Crippen LogP contribution in [-0.2, 0) is 33.3 Å². The maximum Gasteiger partial charge on any atom is 0.306 e. The van der Waals surface area contributed by atoms with Crippen molar-refractivity contribution in [2.45, 2.75) is 296 Å². The molecule has 73 heavy (non-hydrogen) atoms. The maximum atomic E-state index is 12.9. The van der Waals surface area contributed by atoms with Gasteiger partial charge in [-0.15, -0.1) is 0 Å². The molecule has 2 atom stereocenters. The number of hydrogen-bond acceptors (Lipinski definition) is 8. The highest BCUT2D eigenvalue weighted by Crippen LogP contribution is 2.17. The quantitative estimate of drug-likeness (QED) is 0.0195. The van der Waals surface area contributed by atoms with E-state index in [0.717, 1.165) is 57.8 Å². The van der Waals surface area contributed by atoms with Crippen LogP contribution in [0.2, 0.25) is 0 Å². The van der Waals surface area contributed by atoms with Gasteiger partial charge in [0.15, 0.2) is 12.4 Å². The van der Waals surface area contributed by atoms with Gasteiger partial charge in [0.25, 0.3) is 0 Å². The first-order valence-corrected chi connectivity index (χ1v) is 30.8. The SMILES string of the molecule is CCCCC/C=C\C/C=C\CCCCCCCCCC(=O)OCC(COC(OCC[N+](C)(C)C)C(=O)[O-])OC(=O)CCCCCCCCCCCCCCCCCCCCC/C=C\C/C=C\CCCCCCC. The topological polar surface area (TPSA) is 111 Å². The maximum absolute atomic E-state index is 12.9. The molecule has 0 radical (unpaired) electrons. The third-order valence-electron chi connectivity index (χ3n) is 13.5. The fraction of sp³-hybridized carbons (Fsp3) is 0.828. The molecule has 0 aliphatic heterocycles. The summed E-state index contributed by atoms with van der Waals surface area (Å²) in [6, 6.07) is 0. The van der Waals surface area contributed by atoms with Gasteiger partial charge >= 0.3 is 11.9 Å². The highest BCUT2D eigenvalue weighted by Gasteiger charge is 2.22. The number of quaternary nitrogens is 1. The molecule has 0 aliphatic rings. The first-order chi connectivity index (χ1) is 35.6. The van der Waals surface area contributed by atoms with Crippen LogP contribution in [0.15, 0.2) is 48.6 Å². The second-order valence-corrected chi connectivity index (χ2v) is 22.0. The van der Waals surface area contributed by atoms with Crippen molar-refractivity contribution >= 4 is 17.9 Å². The van der Waals surface area contributed by atoms with Crippen molar-refractivity contribution in [3.05, 3.63) is 48.6 Å². The van der Waals surface area contributed by atoms with Crippen LogP contribution in [0.5, 0.6) is 0 Å². The second kappa shape index (κ2) is 55.5. The fourth-order valence-electron chi connectivity index (χ4n) is 8.78. The first kappa shape index (κ1) is 70.2. The molecule has 0 aromatic rings. The van der Waals surface area contributed by atoms with Crippen molar-refractivity contribution < 1.29 is 42.9 Å². The summed E-state index contributed by atoms with van der Waals surface area (Å²) >= 11 is 0. The number of esters is 2. The molecule has 0 amide bonds. The highest BCUT2D eigenvalue weighted by molar-refractivity contribution is 5.70. The van der Waals surface area contributed by atoms with E-state index in [-0.39, 0.29) is 38.6 Å².